The lowest BCUT2D eigenvalue weighted by Crippen LogP contribution is -2.14. The lowest BCUT2D eigenvalue weighted by Gasteiger charge is -2.12. The molecule has 0 bridgehead atoms. The van der Waals surface area contributed by atoms with E-state index in [0.29, 0.717) is 22.0 Å². The van der Waals surface area contributed by atoms with E-state index in [9.17, 15) is 23.5 Å². The van der Waals surface area contributed by atoms with Crippen molar-refractivity contribution < 1.29 is 23.5 Å². The number of aryl methyl sites for hydroxylation is 1. The number of benzene rings is 2. The summed E-state index contributed by atoms with van der Waals surface area (Å²) < 4.78 is 29.5. The summed E-state index contributed by atoms with van der Waals surface area (Å²) in [5, 5.41) is 10.7. The molecule has 0 saturated heterocycles. The lowest BCUT2D eigenvalue weighted by atomic mass is 9.93. The van der Waals surface area contributed by atoms with Gasteiger partial charge < -0.3 is 9.67 Å². The first-order chi connectivity index (χ1) is 14.4. The van der Waals surface area contributed by atoms with Gasteiger partial charge in [-0.25, -0.2) is 13.6 Å². The molecule has 0 radical (unpaired) electrons. The quantitative estimate of drug-likeness (QED) is 0.637. The van der Waals surface area contributed by atoms with Crippen LogP contribution >= 0.6 is 0 Å². The van der Waals surface area contributed by atoms with Gasteiger partial charge in [0.2, 0.25) is 0 Å². The number of fused-ring (bicyclic) bond motifs is 1. The number of halogens is 2. The number of aromatic carboxylic acids is 1. The fourth-order valence-corrected chi connectivity index (χ4v) is 3.88. The average molecular weight is 407 g/mol. The second kappa shape index (κ2) is 7.71. The largest absolute Gasteiger partial charge is 0.477 e. The third-order valence-electron chi connectivity index (χ3n) is 5.35. The van der Waals surface area contributed by atoms with Gasteiger partial charge in [-0.1, -0.05) is 31.2 Å². The molecule has 1 aromatic heterocycles. The first-order valence-electron chi connectivity index (χ1n) is 9.63. The highest BCUT2D eigenvalue weighted by atomic mass is 19.1. The van der Waals surface area contributed by atoms with Gasteiger partial charge >= 0.3 is 5.97 Å². The van der Waals surface area contributed by atoms with Crippen LogP contribution in [0.15, 0.2) is 54.6 Å². The topological polar surface area (TPSA) is 59.3 Å². The zero-order valence-electron chi connectivity index (χ0n) is 16.3. The summed E-state index contributed by atoms with van der Waals surface area (Å²) in [6.45, 7) is 1.80. The molecule has 0 atom stereocenters. The highest BCUT2D eigenvalue weighted by molar-refractivity contribution is 6.27. The minimum atomic E-state index is -1.24. The van der Waals surface area contributed by atoms with Gasteiger partial charge in [0.1, 0.15) is 17.3 Å². The Hall–Kier alpha value is -3.54. The molecular formula is C24H19F2NO3. The number of carbonyl (C=O) groups is 2. The number of hydrogen-bond donors (Lipinski definition) is 1. The number of hydrogen-bond acceptors (Lipinski definition) is 2. The molecule has 1 heterocycles. The predicted octanol–water partition coefficient (Wildman–Crippen LogP) is 5.14. The molecule has 2 aromatic carbocycles. The fourth-order valence-electron chi connectivity index (χ4n) is 3.88. The third-order valence-corrected chi connectivity index (χ3v) is 5.35. The van der Waals surface area contributed by atoms with Gasteiger partial charge in [-0.05, 0) is 42.3 Å². The Kier molecular flexibility index (Phi) is 5.08. The predicted molar refractivity (Wildman–Crippen MR) is 110 cm³/mol. The van der Waals surface area contributed by atoms with Crippen LogP contribution in [0, 0.1) is 11.6 Å². The van der Waals surface area contributed by atoms with Gasteiger partial charge in [0.15, 0.2) is 5.78 Å². The molecule has 0 aliphatic heterocycles. The number of carboxylic acid groups (broad SMARTS) is 1. The fraction of sp³-hybridized carbons (Fsp3) is 0.167. The molecule has 1 aliphatic rings. The lowest BCUT2D eigenvalue weighted by molar-refractivity contribution is -0.113. The van der Waals surface area contributed by atoms with Crippen LogP contribution in [0.5, 0.6) is 0 Å². The van der Waals surface area contributed by atoms with E-state index in [1.165, 1.54) is 4.57 Å². The molecule has 4 nitrogen and oxygen atoms in total. The van der Waals surface area contributed by atoms with Crippen LogP contribution < -0.4 is 0 Å². The van der Waals surface area contributed by atoms with Crippen molar-refractivity contribution in [3.8, 4) is 0 Å². The van der Waals surface area contributed by atoms with E-state index >= 15 is 0 Å². The molecule has 0 spiro atoms. The van der Waals surface area contributed by atoms with Crippen LogP contribution in [0.4, 0.5) is 8.78 Å². The molecule has 0 saturated carbocycles. The Bertz CT molecular complexity index is 1250. The van der Waals surface area contributed by atoms with Crippen LogP contribution in [0.25, 0.3) is 16.5 Å². The number of aromatic nitrogens is 1. The second-order valence-electron chi connectivity index (χ2n) is 7.19. The van der Waals surface area contributed by atoms with Crippen molar-refractivity contribution in [1.29, 1.82) is 0 Å². The standard InChI is InChI=1S/C24H19F2NO3/c1-2-14-7-10-20-18(11-14)22(17-5-3-4-6-21(17)28)23(24(29)30)27(20)13-15-12-16(25)8-9-19(15)26/h3-5,7-12H,2,6,13H2,1H3,(H,29,30). The molecular weight excluding hydrogens is 388 g/mol. The molecule has 0 fully saturated rings. The summed E-state index contributed by atoms with van der Waals surface area (Å²) in [5.74, 6) is -2.65. The molecule has 6 heteroatoms. The van der Waals surface area contributed by atoms with E-state index in [0.717, 1.165) is 30.2 Å². The minimum absolute atomic E-state index is 0.0318. The minimum Gasteiger partial charge on any atom is -0.477 e. The van der Waals surface area contributed by atoms with Gasteiger partial charge in [0.25, 0.3) is 0 Å². The van der Waals surface area contributed by atoms with Gasteiger partial charge in [0, 0.05) is 34.0 Å². The summed E-state index contributed by atoms with van der Waals surface area (Å²) >= 11 is 0. The number of rotatable bonds is 5. The van der Waals surface area contributed by atoms with Crippen molar-refractivity contribution in [3.05, 3.63) is 88.6 Å². The smallest absolute Gasteiger partial charge is 0.353 e. The molecule has 152 valence electrons. The summed E-state index contributed by atoms with van der Waals surface area (Å²) in [5.41, 5.74) is 2.08. The summed E-state index contributed by atoms with van der Waals surface area (Å²) in [6.07, 6.45) is 5.96. The number of carboxylic acids is 1. The van der Waals surface area contributed by atoms with Gasteiger partial charge in [0.05, 0.1) is 6.54 Å². The summed E-state index contributed by atoms with van der Waals surface area (Å²) in [7, 11) is 0. The zero-order valence-corrected chi connectivity index (χ0v) is 16.3. The Morgan fingerprint density at radius 2 is 1.97 bits per heavy atom. The van der Waals surface area contributed by atoms with Crippen LogP contribution in [0.3, 0.4) is 0 Å². The van der Waals surface area contributed by atoms with E-state index in [2.05, 4.69) is 0 Å². The first kappa shape index (κ1) is 19.8. The van der Waals surface area contributed by atoms with Crippen LogP contribution in [0.2, 0.25) is 0 Å². The Balaban J connectivity index is 2.05. The average Bonchev–Trinajstić information content (AvgIpc) is 3.04. The van der Waals surface area contributed by atoms with Gasteiger partial charge in [-0.15, -0.1) is 0 Å². The van der Waals surface area contributed by atoms with Crippen molar-refractivity contribution in [3.63, 3.8) is 0 Å². The maximum Gasteiger partial charge on any atom is 0.353 e. The van der Waals surface area contributed by atoms with Crippen molar-refractivity contribution in [2.45, 2.75) is 26.3 Å². The van der Waals surface area contributed by atoms with Crippen molar-refractivity contribution in [2.75, 3.05) is 0 Å². The molecule has 1 N–H and O–H groups in total. The molecule has 4 rings (SSSR count). The van der Waals surface area contributed by atoms with Crippen LogP contribution in [0.1, 0.15) is 40.5 Å². The van der Waals surface area contributed by atoms with E-state index in [1.807, 2.05) is 19.1 Å². The van der Waals surface area contributed by atoms with Crippen molar-refractivity contribution in [2.24, 2.45) is 0 Å². The normalized spacial score (nSPS) is 13.7. The van der Waals surface area contributed by atoms with E-state index < -0.39 is 17.6 Å². The van der Waals surface area contributed by atoms with E-state index in [1.54, 1.807) is 24.3 Å². The van der Waals surface area contributed by atoms with Crippen LogP contribution in [-0.4, -0.2) is 21.4 Å². The number of Topliss-reactive ketones (excluding diaryl/α,β-unsaturated/α-hetero) is 1. The summed E-state index contributed by atoms with van der Waals surface area (Å²) in [6, 6.07) is 8.59. The number of allylic oxidation sites excluding steroid dienone is 4. The Morgan fingerprint density at radius 3 is 2.67 bits per heavy atom. The highest BCUT2D eigenvalue weighted by Gasteiger charge is 2.28. The Morgan fingerprint density at radius 1 is 1.17 bits per heavy atom. The molecule has 0 amide bonds. The van der Waals surface area contributed by atoms with E-state index in [-0.39, 0.29) is 30.0 Å². The van der Waals surface area contributed by atoms with Crippen molar-refractivity contribution in [1.82, 2.24) is 4.57 Å². The number of ketones is 1. The van der Waals surface area contributed by atoms with E-state index in [4.69, 9.17) is 0 Å². The second-order valence-corrected chi connectivity index (χ2v) is 7.19. The first-order valence-corrected chi connectivity index (χ1v) is 9.63. The zero-order chi connectivity index (χ0) is 21.4. The summed E-state index contributed by atoms with van der Waals surface area (Å²) in [4.78, 5) is 24.9. The number of nitrogens with zero attached hydrogens (tertiary/aromatic N) is 1. The van der Waals surface area contributed by atoms with Gasteiger partial charge in [-0.2, -0.15) is 0 Å². The maximum atomic E-state index is 14.3. The highest BCUT2D eigenvalue weighted by Crippen LogP contribution is 2.35. The third kappa shape index (κ3) is 3.34. The number of carbonyl (C=O) groups excluding carboxylic acids is 1. The SMILES string of the molecule is CCc1ccc2c(c1)c(C1=CC=CCC1=O)c(C(=O)O)n2Cc1cc(F)ccc1F. The molecule has 30 heavy (non-hydrogen) atoms. The molecule has 1 aliphatic carbocycles. The van der Waals surface area contributed by atoms with Crippen molar-refractivity contribution >= 4 is 28.2 Å². The molecule has 0 unspecified atom stereocenters. The Labute approximate surface area is 171 Å². The maximum absolute atomic E-state index is 14.3. The monoisotopic (exact) mass is 407 g/mol. The van der Waals surface area contributed by atoms with Gasteiger partial charge in [-0.3, -0.25) is 4.79 Å². The molecule has 3 aromatic rings. The van der Waals surface area contributed by atoms with Crippen LogP contribution in [-0.2, 0) is 17.8 Å².